The van der Waals surface area contributed by atoms with Gasteiger partial charge in [-0.15, -0.1) is 0 Å². The Bertz CT molecular complexity index is 694. The number of hydrogen-bond donors (Lipinski definition) is 1. The molecule has 2 fully saturated rings. The fourth-order valence-corrected chi connectivity index (χ4v) is 4.96. The van der Waals surface area contributed by atoms with Crippen LogP contribution in [-0.2, 0) is 22.6 Å². The van der Waals surface area contributed by atoms with Gasteiger partial charge in [0.2, 0.25) is 11.8 Å². The Morgan fingerprint density at radius 2 is 1.88 bits per heavy atom. The Labute approximate surface area is 155 Å². The molecule has 26 heavy (non-hydrogen) atoms. The average Bonchev–Trinajstić information content (AvgIpc) is 3.07. The van der Waals surface area contributed by atoms with Gasteiger partial charge in [0.05, 0.1) is 5.92 Å². The third-order valence-electron chi connectivity index (χ3n) is 6.38. The standard InChI is InChI=1S/C21H29N3O2/c22-21(26)19-4-1-3-16-13-15(6-7-18(16)19)14-23-11-8-17(9-12-23)24-10-2-5-20(24)25/h6-7,13,17,19H,1-5,8-12,14H2,(H2,22,26). The number of nitrogens with zero attached hydrogens (tertiary/aromatic N) is 2. The first-order valence-corrected chi connectivity index (χ1v) is 10.0. The number of carbonyl (C=O) groups excluding carboxylic acids is 2. The van der Waals surface area contributed by atoms with Crippen molar-refractivity contribution in [1.82, 2.24) is 9.80 Å². The number of nitrogens with two attached hydrogens (primary N) is 1. The zero-order valence-corrected chi connectivity index (χ0v) is 15.5. The molecule has 1 unspecified atom stereocenters. The third-order valence-corrected chi connectivity index (χ3v) is 6.38. The summed E-state index contributed by atoms with van der Waals surface area (Å²) in [6.07, 6.45) is 6.90. The van der Waals surface area contributed by atoms with Gasteiger partial charge in [0.25, 0.3) is 0 Å². The third kappa shape index (κ3) is 3.50. The van der Waals surface area contributed by atoms with E-state index < -0.39 is 0 Å². The van der Waals surface area contributed by atoms with E-state index in [9.17, 15) is 9.59 Å². The molecule has 2 heterocycles. The summed E-state index contributed by atoms with van der Waals surface area (Å²) in [5.41, 5.74) is 9.33. The fourth-order valence-electron chi connectivity index (χ4n) is 4.96. The van der Waals surface area contributed by atoms with Gasteiger partial charge in [-0.2, -0.15) is 0 Å². The van der Waals surface area contributed by atoms with E-state index in [1.807, 2.05) is 0 Å². The highest BCUT2D eigenvalue weighted by Crippen LogP contribution is 2.32. The molecule has 0 aromatic heterocycles. The van der Waals surface area contributed by atoms with Crippen molar-refractivity contribution in [3.63, 3.8) is 0 Å². The summed E-state index contributed by atoms with van der Waals surface area (Å²) in [6, 6.07) is 7.01. The summed E-state index contributed by atoms with van der Waals surface area (Å²) < 4.78 is 0. The van der Waals surface area contributed by atoms with E-state index in [0.717, 1.165) is 76.7 Å². The molecule has 1 aromatic rings. The van der Waals surface area contributed by atoms with Gasteiger partial charge in [-0.25, -0.2) is 0 Å². The molecule has 3 aliphatic rings. The van der Waals surface area contributed by atoms with Crippen molar-refractivity contribution in [2.24, 2.45) is 5.73 Å². The SMILES string of the molecule is NC(=O)C1CCCc2cc(CN3CCC(N4CCCC4=O)CC3)ccc21. The second-order valence-corrected chi connectivity index (χ2v) is 8.08. The zero-order chi connectivity index (χ0) is 18.1. The van der Waals surface area contributed by atoms with Crippen molar-refractivity contribution >= 4 is 11.8 Å². The minimum absolute atomic E-state index is 0.110. The van der Waals surface area contributed by atoms with Crippen LogP contribution in [0.4, 0.5) is 0 Å². The number of aryl methyl sites for hydroxylation is 1. The quantitative estimate of drug-likeness (QED) is 0.900. The molecule has 140 valence electrons. The molecule has 1 aromatic carbocycles. The lowest BCUT2D eigenvalue weighted by molar-refractivity contribution is -0.130. The molecule has 2 saturated heterocycles. The summed E-state index contributed by atoms with van der Waals surface area (Å²) in [6.45, 7) is 4.01. The van der Waals surface area contributed by atoms with Crippen molar-refractivity contribution in [3.8, 4) is 0 Å². The van der Waals surface area contributed by atoms with Gasteiger partial charge in [0.1, 0.15) is 0 Å². The minimum Gasteiger partial charge on any atom is -0.369 e. The number of benzene rings is 1. The van der Waals surface area contributed by atoms with Crippen LogP contribution >= 0.6 is 0 Å². The normalized spacial score (nSPS) is 24.7. The van der Waals surface area contributed by atoms with Crippen LogP contribution in [0.2, 0.25) is 0 Å². The van der Waals surface area contributed by atoms with Crippen LogP contribution in [0.15, 0.2) is 18.2 Å². The Kier molecular flexibility index (Phi) is 4.98. The first-order valence-electron chi connectivity index (χ1n) is 10.0. The second kappa shape index (κ2) is 7.39. The van der Waals surface area contributed by atoms with Crippen molar-refractivity contribution in [3.05, 3.63) is 34.9 Å². The predicted molar refractivity (Wildman–Crippen MR) is 101 cm³/mol. The number of piperidine rings is 1. The Morgan fingerprint density at radius 1 is 1.08 bits per heavy atom. The van der Waals surface area contributed by atoms with Crippen LogP contribution in [0.5, 0.6) is 0 Å². The molecule has 0 spiro atoms. The molecular weight excluding hydrogens is 326 g/mol. The maximum absolute atomic E-state index is 11.9. The van der Waals surface area contributed by atoms with Crippen LogP contribution in [0, 0.1) is 0 Å². The molecular formula is C21H29N3O2. The van der Waals surface area contributed by atoms with Crippen LogP contribution in [0.25, 0.3) is 0 Å². The number of likely N-dealkylation sites (tertiary alicyclic amines) is 2. The maximum atomic E-state index is 11.9. The van der Waals surface area contributed by atoms with Gasteiger partial charge < -0.3 is 10.6 Å². The Morgan fingerprint density at radius 3 is 2.58 bits per heavy atom. The van der Waals surface area contributed by atoms with Gasteiger partial charge in [-0.05, 0) is 55.2 Å². The first-order chi connectivity index (χ1) is 12.6. The van der Waals surface area contributed by atoms with E-state index in [4.69, 9.17) is 5.73 Å². The van der Waals surface area contributed by atoms with Crippen LogP contribution in [0.1, 0.15) is 61.1 Å². The highest BCUT2D eigenvalue weighted by molar-refractivity contribution is 5.82. The molecule has 0 saturated carbocycles. The smallest absolute Gasteiger partial charge is 0.224 e. The molecule has 1 atom stereocenters. The van der Waals surface area contributed by atoms with E-state index >= 15 is 0 Å². The summed E-state index contributed by atoms with van der Waals surface area (Å²) in [7, 11) is 0. The lowest BCUT2D eigenvalue weighted by atomic mass is 9.81. The van der Waals surface area contributed by atoms with Gasteiger partial charge in [-0.3, -0.25) is 14.5 Å². The van der Waals surface area contributed by atoms with Gasteiger partial charge in [0.15, 0.2) is 0 Å². The average molecular weight is 355 g/mol. The molecule has 2 amide bonds. The zero-order valence-electron chi connectivity index (χ0n) is 15.5. The number of rotatable bonds is 4. The van der Waals surface area contributed by atoms with E-state index in [1.165, 1.54) is 11.1 Å². The number of primary amides is 1. The summed E-state index contributed by atoms with van der Waals surface area (Å²) in [5.74, 6) is 0.0425. The molecule has 4 rings (SSSR count). The van der Waals surface area contributed by atoms with Crippen LogP contribution in [0.3, 0.4) is 0 Å². The largest absolute Gasteiger partial charge is 0.369 e. The van der Waals surface area contributed by atoms with E-state index in [-0.39, 0.29) is 11.8 Å². The van der Waals surface area contributed by atoms with Crippen molar-refractivity contribution in [1.29, 1.82) is 0 Å². The predicted octanol–water partition coefficient (Wildman–Crippen LogP) is 2.18. The fraction of sp³-hybridized carbons (Fsp3) is 0.619. The monoisotopic (exact) mass is 355 g/mol. The van der Waals surface area contributed by atoms with E-state index in [0.29, 0.717) is 11.9 Å². The Hall–Kier alpha value is -1.88. The molecule has 0 bridgehead atoms. The number of fused-ring (bicyclic) bond motifs is 1. The van der Waals surface area contributed by atoms with Crippen LogP contribution in [-0.4, -0.2) is 47.3 Å². The summed E-state index contributed by atoms with van der Waals surface area (Å²) >= 11 is 0. The number of amides is 2. The molecule has 2 N–H and O–H groups in total. The molecule has 0 radical (unpaired) electrons. The molecule has 1 aliphatic carbocycles. The summed E-state index contributed by atoms with van der Waals surface area (Å²) in [4.78, 5) is 28.2. The van der Waals surface area contributed by atoms with Gasteiger partial charge in [-0.1, -0.05) is 18.2 Å². The van der Waals surface area contributed by atoms with Crippen molar-refractivity contribution in [2.45, 2.75) is 63.5 Å². The minimum atomic E-state index is -0.197. The summed E-state index contributed by atoms with van der Waals surface area (Å²) in [5, 5.41) is 0. The van der Waals surface area contributed by atoms with Gasteiger partial charge in [0, 0.05) is 38.6 Å². The number of hydrogen-bond acceptors (Lipinski definition) is 3. The van der Waals surface area contributed by atoms with E-state index in [1.54, 1.807) is 0 Å². The topological polar surface area (TPSA) is 66.6 Å². The lowest BCUT2D eigenvalue weighted by Gasteiger charge is -2.36. The highest BCUT2D eigenvalue weighted by Gasteiger charge is 2.31. The van der Waals surface area contributed by atoms with Crippen molar-refractivity contribution in [2.75, 3.05) is 19.6 Å². The maximum Gasteiger partial charge on any atom is 0.224 e. The number of carbonyl (C=O) groups is 2. The van der Waals surface area contributed by atoms with Crippen LogP contribution < -0.4 is 5.73 Å². The van der Waals surface area contributed by atoms with E-state index in [2.05, 4.69) is 28.0 Å². The lowest BCUT2D eigenvalue weighted by Crippen LogP contribution is -2.45. The van der Waals surface area contributed by atoms with Gasteiger partial charge >= 0.3 is 0 Å². The molecule has 5 nitrogen and oxygen atoms in total. The second-order valence-electron chi connectivity index (χ2n) is 8.08. The highest BCUT2D eigenvalue weighted by atomic mass is 16.2. The molecule has 2 aliphatic heterocycles. The molecule has 5 heteroatoms. The Balaban J connectivity index is 1.37. The van der Waals surface area contributed by atoms with Crippen molar-refractivity contribution < 1.29 is 9.59 Å². The first kappa shape index (κ1) is 17.5.